The molecular weight excluding hydrogens is 132 g/mol. The lowest BCUT2D eigenvalue weighted by molar-refractivity contribution is 0.334. The van der Waals surface area contributed by atoms with Crippen LogP contribution in [0.2, 0.25) is 0 Å². The molecule has 0 heteroatoms. The van der Waals surface area contributed by atoms with Gasteiger partial charge in [-0.05, 0) is 0 Å². The third kappa shape index (κ3) is 0.816. The molecule has 3 fully saturated rings. The predicted octanol–water partition coefficient (Wildman–Crippen LogP) is 3.04. The number of hydrogen-bond donors (Lipinski definition) is 0. The van der Waals surface area contributed by atoms with Crippen LogP contribution >= 0.6 is 0 Å². The van der Waals surface area contributed by atoms with Crippen molar-refractivity contribution in [3.63, 3.8) is 0 Å². The molecule has 0 aliphatic heterocycles. The smallest absolute Gasteiger partial charge is 0.0525 e. The molecule has 3 aliphatic rings. The Balaban J connectivity index is 1.84. The predicted molar refractivity (Wildman–Crippen MR) is 46.0 cm³/mol. The third-order valence-electron chi connectivity index (χ3n) is 4.29. The van der Waals surface area contributed by atoms with E-state index in [0.29, 0.717) is 0 Å². The van der Waals surface area contributed by atoms with Crippen molar-refractivity contribution in [1.29, 1.82) is 0 Å². The molecule has 0 aromatic heterocycles. The summed E-state index contributed by atoms with van der Waals surface area (Å²) in [6, 6.07) is 0. The zero-order valence-electron chi connectivity index (χ0n) is 7.13. The average molecular weight is 149 g/mol. The van der Waals surface area contributed by atoms with E-state index in [1.165, 1.54) is 25.7 Å². The lowest BCUT2D eigenvalue weighted by atomic mass is 9.90. The van der Waals surface area contributed by atoms with E-state index in [4.69, 9.17) is 0 Å². The van der Waals surface area contributed by atoms with Crippen LogP contribution < -0.4 is 0 Å². The van der Waals surface area contributed by atoms with Crippen LogP contribution in [0.1, 0.15) is 38.5 Å². The molecule has 11 heavy (non-hydrogen) atoms. The van der Waals surface area contributed by atoms with E-state index in [1.54, 1.807) is 12.8 Å². The van der Waals surface area contributed by atoms with Gasteiger partial charge < -0.3 is 6.42 Å². The first-order valence-corrected chi connectivity index (χ1v) is 5.30. The molecule has 0 unspecified atom stereocenters. The molecule has 0 saturated heterocycles. The Kier molecular flexibility index (Phi) is 1.33. The van der Waals surface area contributed by atoms with Crippen molar-refractivity contribution in [2.45, 2.75) is 38.5 Å². The van der Waals surface area contributed by atoms with Crippen molar-refractivity contribution >= 4 is 0 Å². The van der Waals surface area contributed by atoms with Gasteiger partial charge in [0, 0.05) is 0 Å². The van der Waals surface area contributed by atoms with E-state index in [2.05, 4.69) is 6.42 Å². The zero-order valence-corrected chi connectivity index (χ0v) is 7.13. The Bertz CT molecular complexity index is 143. The summed E-state index contributed by atoms with van der Waals surface area (Å²) in [6.07, 6.45) is 11.9. The van der Waals surface area contributed by atoms with Gasteiger partial charge in [-0.3, -0.25) is 0 Å². The molecule has 4 atom stereocenters. The first kappa shape index (κ1) is 6.51. The second-order valence-electron chi connectivity index (χ2n) is 4.71. The Morgan fingerprint density at radius 1 is 0.727 bits per heavy atom. The first-order chi connectivity index (χ1) is 5.45. The second kappa shape index (κ2) is 2.24. The Morgan fingerprint density at radius 3 is 1.82 bits per heavy atom. The lowest BCUT2D eigenvalue weighted by Crippen LogP contribution is -2.08. The van der Waals surface area contributed by atoms with Crippen LogP contribution in [-0.2, 0) is 0 Å². The highest BCUT2D eigenvalue weighted by Gasteiger charge is 2.39. The zero-order chi connectivity index (χ0) is 7.26. The Morgan fingerprint density at radius 2 is 1.27 bits per heavy atom. The summed E-state index contributed by atoms with van der Waals surface area (Å²) in [7, 11) is 0. The summed E-state index contributed by atoms with van der Waals surface area (Å²) >= 11 is 0. The maximum atomic E-state index is 2.72. The van der Waals surface area contributed by atoms with E-state index in [-0.39, 0.29) is 0 Å². The highest BCUT2D eigenvalue weighted by Crippen LogP contribution is 2.55. The topological polar surface area (TPSA) is 0 Å². The SMILES string of the molecule is [CH-]1[C@@H]2CCC[C@@H]2[C@@H]2CCC[C@H]12. The monoisotopic (exact) mass is 149 g/mol. The van der Waals surface area contributed by atoms with E-state index in [1.807, 2.05) is 0 Å². The van der Waals surface area contributed by atoms with Gasteiger partial charge in [-0.2, -0.15) is 11.8 Å². The number of hydrogen-bond acceptors (Lipinski definition) is 0. The van der Waals surface area contributed by atoms with Gasteiger partial charge >= 0.3 is 0 Å². The van der Waals surface area contributed by atoms with Crippen molar-refractivity contribution in [3.05, 3.63) is 6.42 Å². The second-order valence-corrected chi connectivity index (χ2v) is 4.71. The minimum atomic E-state index is 1.06. The molecule has 0 aromatic rings. The van der Waals surface area contributed by atoms with Crippen LogP contribution in [0.5, 0.6) is 0 Å². The molecule has 3 aliphatic carbocycles. The molecule has 3 rings (SSSR count). The van der Waals surface area contributed by atoms with Crippen molar-refractivity contribution in [3.8, 4) is 0 Å². The Hall–Kier alpha value is 0. The molecule has 0 N–H and O–H groups in total. The fourth-order valence-electron chi connectivity index (χ4n) is 3.89. The molecule has 0 amide bonds. The van der Waals surface area contributed by atoms with Crippen LogP contribution in [0, 0.1) is 30.1 Å². The fraction of sp³-hybridized carbons (Fsp3) is 0.909. The summed E-state index contributed by atoms with van der Waals surface area (Å²) in [4.78, 5) is 0. The minimum absolute atomic E-state index is 1.06. The molecule has 0 nitrogen and oxygen atoms in total. The molecule has 0 spiro atoms. The highest BCUT2D eigenvalue weighted by molar-refractivity contribution is 5.06. The maximum Gasteiger partial charge on any atom is -0.0525 e. The lowest BCUT2D eigenvalue weighted by Gasteiger charge is -2.20. The van der Waals surface area contributed by atoms with Gasteiger partial charge in [0.1, 0.15) is 0 Å². The van der Waals surface area contributed by atoms with Gasteiger partial charge in [0.05, 0.1) is 0 Å². The van der Waals surface area contributed by atoms with E-state index in [0.717, 1.165) is 23.7 Å². The van der Waals surface area contributed by atoms with Crippen LogP contribution in [-0.4, -0.2) is 0 Å². The molecule has 3 saturated carbocycles. The molecule has 0 bridgehead atoms. The standard InChI is InChI=1S/C11H17/c1-3-8-7-9-4-2-6-11(9)10(8)5-1/h7-11H,1-6H2/q-1/t8-,9+,10-,11+. The van der Waals surface area contributed by atoms with E-state index < -0.39 is 0 Å². The normalized spacial score (nSPS) is 54.5. The van der Waals surface area contributed by atoms with Crippen LogP contribution in [0.4, 0.5) is 0 Å². The molecule has 0 aromatic carbocycles. The third-order valence-corrected chi connectivity index (χ3v) is 4.29. The molecule has 62 valence electrons. The van der Waals surface area contributed by atoms with Crippen molar-refractivity contribution in [1.82, 2.24) is 0 Å². The summed E-state index contributed by atoms with van der Waals surface area (Å²) in [5.41, 5.74) is 0. The van der Waals surface area contributed by atoms with Gasteiger partial charge in [0.25, 0.3) is 0 Å². The van der Waals surface area contributed by atoms with Gasteiger partial charge in [-0.25, -0.2) is 0 Å². The quantitative estimate of drug-likeness (QED) is 0.464. The van der Waals surface area contributed by atoms with E-state index in [9.17, 15) is 0 Å². The molecule has 0 radical (unpaired) electrons. The van der Waals surface area contributed by atoms with E-state index >= 15 is 0 Å². The summed E-state index contributed by atoms with van der Waals surface area (Å²) in [5, 5.41) is 0. The van der Waals surface area contributed by atoms with Crippen molar-refractivity contribution in [2.75, 3.05) is 0 Å². The number of fused-ring (bicyclic) bond motifs is 3. The van der Waals surface area contributed by atoms with Crippen LogP contribution in [0.15, 0.2) is 0 Å². The van der Waals surface area contributed by atoms with Crippen LogP contribution in [0.25, 0.3) is 0 Å². The van der Waals surface area contributed by atoms with Crippen molar-refractivity contribution in [2.24, 2.45) is 23.7 Å². The van der Waals surface area contributed by atoms with Crippen molar-refractivity contribution < 1.29 is 0 Å². The van der Waals surface area contributed by atoms with Gasteiger partial charge in [0.2, 0.25) is 0 Å². The summed E-state index contributed by atoms with van der Waals surface area (Å²) in [6.45, 7) is 0. The summed E-state index contributed by atoms with van der Waals surface area (Å²) < 4.78 is 0. The van der Waals surface area contributed by atoms with Gasteiger partial charge in [-0.15, -0.1) is 0 Å². The van der Waals surface area contributed by atoms with Gasteiger partial charge in [0.15, 0.2) is 0 Å². The molecule has 0 heterocycles. The van der Waals surface area contributed by atoms with Gasteiger partial charge in [-0.1, -0.05) is 50.4 Å². The number of rotatable bonds is 0. The van der Waals surface area contributed by atoms with Crippen LogP contribution in [0.3, 0.4) is 0 Å². The average Bonchev–Trinajstić information content (AvgIpc) is 2.52. The maximum absolute atomic E-state index is 2.72. The summed E-state index contributed by atoms with van der Waals surface area (Å²) in [5.74, 6) is 4.40. The first-order valence-electron chi connectivity index (χ1n) is 5.30. The molecular formula is C11H17-. The fourth-order valence-corrected chi connectivity index (χ4v) is 3.89. The largest absolute Gasteiger partial charge is 0.322 e. The minimum Gasteiger partial charge on any atom is -0.322 e. The highest BCUT2D eigenvalue weighted by atomic mass is 14.5. The Labute approximate surface area is 69.4 Å².